The molecule has 2 aromatic rings. The Kier molecular flexibility index (Phi) is 4.65. The SMILES string of the molecule is CCC(C)CN(C)c1nc2ccccn2c1CC(C)N. The molecule has 2 atom stereocenters. The standard InChI is InChI=1S/C16H26N4/c1-5-12(2)11-19(4)16-14(10-13(3)17)20-9-7-6-8-15(20)18-16/h6-9,12-13H,5,10-11,17H2,1-4H3. The lowest BCUT2D eigenvalue weighted by atomic mass is 10.1. The Hall–Kier alpha value is -1.55. The molecule has 0 amide bonds. The lowest BCUT2D eigenvalue weighted by molar-refractivity contribution is 0.556. The molecule has 0 spiro atoms. The molecular weight excluding hydrogens is 248 g/mol. The molecular formula is C16H26N4. The second-order valence-electron chi connectivity index (χ2n) is 5.89. The van der Waals surface area contributed by atoms with E-state index in [4.69, 9.17) is 10.7 Å². The first-order chi connectivity index (χ1) is 9.52. The quantitative estimate of drug-likeness (QED) is 0.881. The first-order valence-corrected chi connectivity index (χ1v) is 7.45. The smallest absolute Gasteiger partial charge is 0.150 e. The van der Waals surface area contributed by atoms with Gasteiger partial charge in [0.15, 0.2) is 5.82 Å². The Labute approximate surface area is 121 Å². The number of aromatic nitrogens is 2. The van der Waals surface area contributed by atoms with Crippen LogP contribution < -0.4 is 10.6 Å². The Bertz CT molecular complexity index is 559. The van der Waals surface area contributed by atoms with E-state index in [-0.39, 0.29) is 6.04 Å². The van der Waals surface area contributed by atoms with Crippen molar-refractivity contribution in [2.45, 2.75) is 39.7 Å². The maximum atomic E-state index is 6.01. The van der Waals surface area contributed by atoms with Gasteiger partial charge < -0.3 is 15.0 Å². The third-order valence-corrected chi connectivity index (χ3v) is 3.77. The van der Waals surface area contributed by atoms with Crippen LogP contribution in [0, 0.1) is 5.92 Å². The van der Waals surface area contributed by atoms with E-state index >= 15 is 0 Å². The molecule has 0 aromatic carbocycles. The molecule has 2 N–H and O–H groups in total. The molecule has 2 unspecified atom stereocenters. The summed E-state index contributed by atoms with van der Waals surface area (Å²) in [6.45, 7) is 7.57. The number of pyridine rings is 1. The fourth-order valence-corrected chi connectivity index (χ4v) is 2.52. The number of hydrogen-bond donors (Lipinski definition) is 1. The summed E-state index contributed by atoms with van der Waals surface area (Å²) in [5.74, 6) is 1.72. The highest BCUT2D eigenvalue weighted by molar-refractivity contribution is 5.55. The molecule has 4 heteroatoms. The summed E-state index contributed by atoms with van der Waals surface area (Å²) >= 11 is 0. The Morgan fingerprint density at radius 2 is 2.10 bits per heavy atom. The highest BCUT2D eigenvalue weighted by Crippen LogP contribution is 2.23. The van der Waals surface area contributed by atoms with Crippen LogP contribution in [0.5, 0.6) is 0 Å². The van der Waals surface area contributed by atoms with E-state index in [0.717, 1.165) is 24.4 Å². The summed E-state index contributed by atoms with van der Waals surface area (Å²) in [5, 5.41) is 0. The fourth-order valence-electron chi connectivity index (χ4n) is 2.52. The predicted octanol–water partition coefficient (Wildman–Crippen LogP) is 2.71. The number of imidazole rings is 1. The van der Waals surface area contributed by atoms with Gasteiger partial charge in [0, 0.05) is 32.3 Å². The fraction of sp³-hybridized carbons (Fsp3) is 0.562. The summed E-state index contributed by atoms with van der Waals surface area (Å²) in [5.41, 5.74) is 8.22. The third-order valence-electron chi connectivity index (χ3n) is 3.77. The largest absolute Gasteiger partial charge is 0.358 e. The number of nitrogens with zero attached hydrogens (tertiary/aromatic N) is 3. The average Bonchev–Trinajstić information content (AvgIpc) is 2.77. The van der Waals surface area contributed by atoms with Crippen molar-refractivity contribution in [2.75, 3.05) is 18.5 Å². The second kappa shape index (κ2) is 6.27. The van der Waals surface area contributed by atoms with Crippen molar-refractivity contribution in [3.05, 3.63) is 30.1 Å². The van der Waals surface area contributed by atoms with Crippen molar-refractivity contribution in [1.29, 1.82) is 0 Å². The van der Waals surface area contributed by atoms with Gasteiger partial charge in [0.1, 0.15) is 5.65 Å². The minimum Gasteiger partial charge on any atom is -0.358 e. The van der Waals surface area contributed by atoms with Crippen LogP contribution in [0.15, 0.2) is 24.4 Å². The molecule has 0 bridgehead atoms. The van der Waals surface area contributed by atoms with Gasteiger partial charge in [0.2, 0.25) is 0 Å². The highest BCUT2D eigenvalue weighted by atomic mass is 15.2. The molecule has 0 fully saturated rings. The van der Waals surface area contributed by atoms with Gasteiger partial charge in [-0.1, -0.05) is 26.3 Å². The summed E-state index contributed by atoms with van der Waals surface area (Å²) in [4.78, 5) is 7.05. The molecule has 2 heterocycles. The molecule has 0 saturated carbocycles. The minimum atomic E-state index is 0.130. The van der Waals surface area contributed by atoms with Crippen LogP contribution in [-0.4, -0.2) is 29.0 Å². The van der Waals surface area contributed by atoms with Crippen LogP contribution in [0.25, 0.3) is 5.65 Å². The van der Waals surface area contributed by atoms with Gasteiger partial charge in [-0.05, 0) is 25.0 Å². The van der Waals surface area contributed by atoms with Gasteiger partial charge >= 0.3 is 0 Å². The van der Waals surface area contributed by atoms with Crippen LogP contribution in [-0.2, 0) is 6.42 Å². The second-order valence-corrected chi connectivity index (χ2v) is 5.89. The van der Waals surface area contributed by atoms with Crippen molar-refractivity contribution in [1.82, 2.24) is 9.38 Å². The van der Waals surface area contributed by atoms with Crippen molar-refractivity contribution >= 4 is 11.5 Å². The van der Waals surface area contributed by atoms with E-state index in [1.54, 1.807) is 0 Å². The molecule has 0 aliphatic rings. The van der Waals surface area contributed by atoms with Crippen LogP contribution in [0.3, 0.4) is 0 Å². The monoisotopic (exact) mass is 274 g/mol. The predicted molar refractivity (Wildman–Crippen MR) is 85.3 cm³/mol. The van der Waals surface area contributed by atoms with E-state index in [2.05, 4.69) is 36.4 Å². The molecule has 2 aromatic heterocycles. The molecule has 0 radical (unpaired) electrons. The number of fused-ring (bicyclic) bond motifs is 1. The van der Waals surface area contributed by atoms with Crippen LogP contribution in [0.4, 0.5) is 5.82 Å². The third kappa shape index (κ3) is 3.12. The number of nitrogens with two attached hydrogens (primary N) is 1. The summed E-state index contributed by atoms with van der Waals surface area (Å²) in [6.07, 6.45) is 4.09. The zero-order valence-corrected chi connectivity index (χ0v) is 13.0. The van der Waals surface area contributed by atoms with Crippen molar-refractivity contribution < 1.29 is 0 Å². The highest BCUT2D eigenvalue weighted by Gasteiger charge is 2.17. The van der Waals surface area contributed by atoms with E-state index in [9.17, 15) is 0 Å². The van der Waals surface area contributed by atoms with Gasteiger partial charge in [-0.25, -0.2) is 4.98 Å². The number of rotatable bonds is 6. The van der Waals surface area contributed by atoms with Crippen LogP contribution in [0.1, 0.15) is 32.9 Å². The van der Waals surface area contributed by atoms with Gasteiger partial charge in [0.25, 0.3) is 0 Å². The van der Waals surface area contributed by atoms with Crippen LogP contribution >= 0.6 is 0 Å². The average molecular weight is 274 g/mol. The molecule has 0 aliphatic carbocycles. The van der Waals surface area contributed by atoms with E-state index in [0.29, 0.717) is 5.92 Å². The maximum Gasteiger partial charge on any atom is 0.150 e. The maximum absolute atomic E-state index is 6.01. The Balaban J connectivity index is 2.40. The first-order valence-electron chi connectivity index (χ1n) is 7.45. The molecule has 0 saturated heterocycles. The van der Waals surface area contributed by atoms with Crippen molar-refractivity contribution in [2.24, 2.45) is 11.7 Å². The lowest BCUT2D eigenvalue weighted by Gasteiger charge is -2.22. The molecule has 2 rings (SSSR count). The zero-order chi connectivity index (χ0) is 14.7. The number of hydrogen-bond acceptors (Lipinski definition) is 3. The lowest BCUT2D eigenvalue weighted by Crippen LogP contribution is -2.26. The van der Waals surface area contributed by atoms with Gasteiger partial charge in [-0.3, -0.25) is 0 Å². The summed E-state index contributed by atoms with van der Waals surface area (Å²) < 4.78 is 2.16. The topological polar surface area (TPSA) is 46.6 Å². The number of anilines is 1. The minimum absolute atomic E-state index is 0.130. The molecule has 110 valence electrons. The van der Waals surface area contributed by atoms with Crippen LogP contribution in [0.2, 0.25) is 0 Å². The normalized spacial score (nSPS) is 14.4. The van der Waals surface area contributed by atoms with Gasteiger partial charge in [0.05, 0.1) is 5.69 Å². The van der Waals surface area contributed by atoms with E-state index in [1.165, 1.54) is 12.1 Å². The van der Waals surface area contributed by atoms with Gasteiger partial charge in [-0.2, -0.15) is 0 Å². The van der Waals surface area contributed by atoms with E-state index < -0.39 is 0 Å². The Morgan fingerprint density at radius 3 is 2.75 bits per heavy atom. The zero-order valence-electron chi connectivity index (χ0n) is 13.0. The van der Waals surface area contributed by atoms with Crippen molar-refractivity contribution in [3.8, 4) is 0 Å². The van der Waals surface area contributed by atoms with Gasteiger partial charge in [-0.15, -0.1) is 0 Å². The molecule has 0 aliphatic heterocycles. The van der Waals surface area contributed by atoms with E-state index in [1.807, 2.05) is 25.1 Å². The molecule has 20 heavy (non-hydrogen) atoms. The summed E-state index contributed by atoms with van der Waals surface area (Å²) in [6, 6.07) is 6.24. The Morgan fingerprint density at radius 1 is 1.35 bits per heavy atom. The summed E-state index contributed by atoms with van der Waals surface area (Å²) in [7, 11) is 2.12. The van der Waals surface area contributed by atoms with Crippen molar-refractivity contribution in [3.63, 3.8) is 0 Å². The first kappa shape index (κ1) is 14.9. The molecule has 4 nitrogen and oxygen atoms in total.